The second-order valence-corrected chi connectivity index (χ2v) is 7.32. The van der Waals surface area contributed by atoms with Gasteiger partial charge in [-0.2, -0.15) is 0 Å². The Bertz CT molecular complexity index is 849. The van der Waals surface area contributed by atoms with E-state index in [0.29, 0.717) is 24.1 Å². The minimum atomic E-state index is -0.172. The van der Waals surface area contributed by atoms with E-state index in [9.17, 15) is 4.79 Å². The molecule has 2 atom stereocenters. The molecule has 24 heavy (non-hydrogen) atoms. The second-order valence-electron chi connectivity index (χ2n) is 7.32. The van der Waals surface area contributed by atoms with Gasteiger partial charge < -0.3 is 14.3 Å². The van der Waals surface area contributed by atoms with Gasteiger partial charge in [0.1, 0.15) is 17.1 Å². The summed E-state index contributed by atoms with van der Waals surface area (Å²) in [5.41, 5.74) is 1.99. The van der Waals surface area contributed by atoms with Crippen LogP contribution in [0.3, 0.4) is 0 Å². The molecule has 1 aliphatic heterocycles. The van der Waals surface area contributed by atoms with Gasteiger partial charge >= 0.3 is 0 Å². The topological polar surface area (TPSA) is 65.4 Å². The van der Waals surface area contributed by atoms with Crippen molar-refractivity contribution in [2.45, 2.75) is 32.4 Å². The first-order chi connectivity index (χ1) is 11.5. The lowest BCUT2D eigenvalue weighted by Gasteiger charge is -2.20. The van der Waals surface area contributed by atoms with Crippen molar-refractivity contribution in [3.63, 3.8) is 0 Å². The predicted molar refractivity (Wildman–Crippen MR) is 93.9 cm³/mol. The number of hydrogen-bond donors (Lipinski definition) is 1. The van der Waals surface area contributed by atoms with Crippen molar-refractivity contribution in [1.82, 2.24) is 19.8 Å². The number of allylic oxidation sites excluding steroid dienone is 1. The zero-order valence-electron chi connectivity index (χ0n) is 14.5. The van der Waals surface area contributed by atoms with Gasteiger partial charge in [0.25, 0.3) is 5.56 Å². The molecule has 1 aliphatic carbocycles. The molecule has 0 aromatic carbocycles. The molecule has 0 saturated carbocycles. The lowest BCUT2D eigenvalue weighted by Crippen LogP contribution is -2.31. The van der Waals surface area contributed by atoms with Crippen LogP contribution in [0.4, 0.5) is 0 Å². The van der Waals surface area contributed by atoms with Crippen LogP contribution in [-0.4, -0.2) is 53.0 Å². The van der Waals surface area contributed by atoms with Crippen LogP contribution in [-0.2, 0) is 13.0 Å². The van der Waals surface area contributed by atoms with Gasteiger partial charge in [-0.25, -0.2) is 4.98 Å². The van der Waals surface area contributed by atoms with E-state index in [1.54, 1.807) is 0 Å². The number of rotatable bonds is 3. The zero-order valence-corrected chi connectivity index (χ0v) is 14.5. The predicted octanol–water partition coefficient (Wildman–Crippen LogP) is 1.86. The van der Waals surface area contributed by atoms with Gasteiger partial charge in [-0.05, 0) is 38.9 Å². The van der Waals surface area contributed by atoms with Crippen LogP contribution in [0.15, 0.2) is 15.3 Å². The maximum atomic E-state index is 12.4. The van der Waals surface area contributed by atoms with Gasteiger partial charge in [0, 0.05) is 24.7 Å². The van der Waals surface area contributed by atoms with E-state index in [4.69, 9.17) is 9.40 Å². The Morgan fingerprint density at radius 1 is 1.46 bits per heavy atom. The molecule has 0 radical (unpaired) electrons. The van der Waals surface area contributed by atoms with Crippen LogP contribution in [0.1, 0.15) is 30.5 Å². The number of fused-ring (bicyclic) bond motifs is 3. The fourth-order valence-corrected chi connectivity index (χ4v) is 3.73. The van der Waals surface area contributed by atoms with E-state index in [1.807, 2.05) is 6.08 Å². The van der Waals surface area contributed by atoms with Crippen LogP contribution in [0.2, 0.25) is 0 Å². The van der Waals surface area contributed by atoms with E-state index >= 15 is 0 Å². The highest BCUT2D eigenvalue weighted by atomic mass is 16.3. The van der Waals surface area contributed by atoms with Gasteiger partial charge in [-0.3, -0.25) is 9.69 Å². The molecule has 2 aliphatic rings. The van der Waals surface area contributed by atoms with E-state index in [1.165, 1.54) is 0 Å². The maximum absolute atomic E-state index is 12.4. The number of hydrogen-bond acceptors (Lipinski definition) is 5. The molecule has 6 heteroatoms. The van der Waals surface area contributed by atoms with Gasteiger partial charge in [0.15, 0.2) is 0 Å². The molecule has 0 spiro atoms. The van der Waals surface area contributed by atoms with Gasteiger partial charge in [-0.1, -0.05) is 13.0 Å². The van der Waals surface area contributed by atoms with Crippen LogP contribution >= 0.6 is 0 Å². The molecule has 1 fully saturated rings. The van der Waals surface area contributed by atoms with E-state index < -0.39 is 0 Å². The summed E-state index contributed by atoms with van der Waals surface area (Å²) in [6.45, 7) is 4.89. The number of likely N-dealkylation sites (tertiary alicyclic amines) is 1. The van der Waals surface area contributed by atoms with Crippen LogP contribution < -0.4 is 5.56 Å². The first kappa shape index (κ1) is 15.6. The Kier molecular flexibility index (Phi) is 3.81. The molecule has 0 bridgehead atoms. The van der Waals surface area contributed by atoms with Gasteiger partial charge in [-0.15, -0.1) is 0 Å². The Labute approximate surface area is 141 Å². The molecule has 6 nitrogen and oxygen atoms in total. The van der Waals surface area contributed by atoms with Crippen molar-refractivity contribution in [2.75, 3.05) is 27.2 Å². The lowest BCUT2D eigenvalue weighted by molar-refractivity contribution is 0.261. The van der Waals surface area contributed by atoms with Crippen LogP contribution in [0, 0.1) is 5.92 Å². The molecule has 2 aromatic heterocycles. The summed E-state index contributed by atoms with van der Waals surface area (Å²) in [5.74, 6) is 1.96. The third kappa shape index (κ3) is 2.70. The van der Waals surface area contributed by atoms with Gasteiger partial charge in [0.05, 0.1) is 6.54 Å². The number of furan rings is 1. The molecule has 2 unspecified atom stereocenters. The molecule has 1 N–H and O–H groups in total. The third-order valence-electron chi connectivity index (χ3n) is 5.17. The van der Waals surface area contributed by atoms with E-state index in [-0.39, 0.29) is 5.56 Å². The molecular weight excluding hydrogens is 304 g/mol. The summed E-state index contributed by atoms with van der Waals surface area (Å²) in [6.07, 6.45) is 6.11. The van der Waals surface area contributed by atoms with Crippen molar-refractivity contribution in [3.05, 3.63) is 33.6 Å². The highest BCUT2D eigenvalue weighted by molar-refractivity contribution is 5.80. The van der Waals surface area contributed by atoms with Crippen molar-refractivity contribution >= 4 is 17.2 Å². The number of aromatic amines is 1. The number of nitrogens with zero attached hydrogens (tertiary/aromatic N) is 3. The Balaban J connectivity index is 1.64. The fourth-order valence-electron chi connectivity index (χ4n) is 3.73. The minimum absolute atomic E-state index is 0.172. The molecule has 4 rings (SSSR count). The number of aromatic nitrogens is 2. The smallest absolute Gasteiger partial charge is 0.294 e. The van der Waals surface area contributed by atoms with Gasteiger partial charge in [0.2, 0.25) is 5.58 Å². The first-order valence-corrected chi connectivity index (χ1v) is 8.63. The second kappa shape index (κ2) is 5.86. The first-order valence-electron chi connectivity index (χ1n) is 8.63. The largest absolute Gasteiger partial charge is 0.449 e. The standard InChI is InChI=1S/C18H24N4O2/c1-11-4-5-14-13(8-11)16-17(24-14)18(23)20-15(19-16)10-22-7-6-12(9-22)21(2)3/h4-5,11-12H,6-10H2,1-3H3,(H,19,20,23). The van der Waals surface area contributed by atoms with Crippen molar-refractivity contribution in [3.8, 4) is 0 Å². The normalized spacial score (nSPS) is 24.2. The summed E-state index contributed by atoms with van der Waals surface area (Å²) in [5, 5.41) is 0. The van der Waals surface area contributed by atoms with Crippen molar-refractivity contribution < 1.29 is 4.42 Å². The number of nitrogens with one attached hydrogen (secondary N) is 1. The molecule has 3 heterocycles. The maximum Gasteiger partial charge on any atom is 0.294 e. The minimum Gasteiger partial charge on any atom is -0.449 e. The SMILES string of the molecule is CC1C=Cc2oc3c(=O)[nH]c(CN4CCC(N(C)C)C4)nc3c2C1. The lowest BCUT2D eigenvalue weighted by atomic mass is 9.95. The number of likely N-dealkylation sites (N-methyl/N-ethyl adjacent to an activating group) is 1. The summed E-state index contributed by atoms with van der Waals surface area (Å²) in [6, 6.07) is 0.577. The van der Waals surface area contributed by atoms with Crippen molar-refractivity contribution in [2.24, 2.45) is 5.92 Å². The Morgan fingerprint density at radius 2 is 2.29 bits per heavy atom. The van der Waals surface area contributed by atoms with E-state index in [0.717, 1.165) is 48.6 Å². The van der Waals surface area contributed by atoms with E-state index in [2.05, 4.69) is 41.9 Å². The molecular formula is C18H24N4O2. The highest BCUT2D eigenvalue weighted by Crippen LogP contribution is 2.30. The van der Waals surface area contributed by atoms with Crippen LogP contribution in [0.5, 0.6) is 0 Å². The number of H-pyrrole nitrogens is 1. The summed E-state index contributed by atoms with van der Waals surface area (Å²) >= 11 is 0. The summed E-state index contributed by atoms with van der Waals surface area (Å²) in [7, 11) is 4.24. The summed E-state index contributed by atoms with van der Waals surface area (Å²) < 4.78 is 5.73. The average Bonchev–Trinajstić information content (AvgIpc) is 3.13. The molecule has 128 valence electrons. The third-order valence-corrected chi connectivity index (χ3v) is 5.17. The quantitative estimate of drug-likeness (QED) is 0.931. The summed E-state index contributed by atoms with van der Waals surface area (Å²) in [4.78, 5) is 24.7. The monoisotopic (exact) mass is 328 g/mol. The average molecular weight is 328 g/mol. The van der Waals surface area contributed by atoms with Crippen LogP contribution in [0.25, 0.3) is 17.2 Å². The molecule has 0 amide bonds. The Hall–Kier alpha value is -1.92. The fraction of sp³-hybridized carbons (Fsp3) is 0.556. The highest BCUT2D eigenvalue weighted by Gasteiger charge is 2.26. The molecule has 1 saturated heterocycles. The zero-order chi connectivity index (χ0) is 16.8. The Morgan fingerprint density at radius 3 is 3.04 bits per heavy atom. The molecule has 2 aromatic rings. The van der Waals surface area contributed by atoms with Crippen molar-refractivity contribution in [1.29, 1.82) is 0 Å².